The van der Waals surface area contributed by atoms with Gasteiger partial charge in [-0.3, -0.25) is 0 Å². The summed E-state index contributed by atoms with van der Waals surface area (Å²) in [6.45, 7) is 4.51. The molecule has 0 radical (unpaired) electrons. The molecule has 1 heteroatoms. The zero-order chi connectivity index (χ0) is 10.4. The lowest BCUT2D eigenvalue weighted by molar-refractivity contribution is 0.250. The van der Waals surface area contributed by atoms with Crippen molar-refractivity contribution in [3.05, 3.63) is 0 Å². The van der Waals surface area contributed by atoms with Crippen LogP contribution in [0.1, 0.15) is 58.8 Å². The number of hydrogen-bond donors (Lipinski definition) is 0. The van der Waals surface area contributed by atoms with Crippen molar-refractivity contribution in [1.82, 2.24) is 0 Å². The highest BCUT2D eigenvalue weighted by atomic mass is 14.3. The normalized spacial score (nSPS) is 20.7. The van der Waals surface area contributed by atoms with Crippen LogP contribution < -0.4 is 0 Å². The second-order valence-corrected chi connectivity index (χ2v) is 5.11. The van der Waals surface area contributed by atoms with Crippen LogP contribution >= 0.6 is 0 Å². The summed E-state index contributed by atoms with van der Waals surface area (Å²) < 4.78 is 0. The van der Waals surface area contributed by atoms with Gasteiger partial charge in [-0.2, -0.15) is 5.26 Å². The van der Waals surface area contributed by atoms with E-state index in [4.69, 9.17) is 5.26 Å². The molecule has 1 nitrogen and oxygen atoms in total. The first-order valence-corrected chi connectivity index (χ1v) is 6.11. The van der Waals surface area contributed by atoms with Crippen molar-refractivity contribution in [2.75, 3.05) is 0 Å². The van der Waals surface area contributed by atoms with Crippen LogP contribution in [0.3, 0.4) is 0 Å². The van der Waals surface area contributed by atoms with Crippen LogP contribution in [0, 0.1) is 29.1 Å². The van der Waals surface area contributed by atoms with Crippen molar-refractivity contribution in [2.45, 2.75) is 58.8 Å². The fourth-order valence-corrected chi connectivity index (χ4v) is 2.56. The molecule has 14 heavy (non-hydrogen) atoms. The fourth-order valence-electron chi connectivity index (χ4n) is 2.56. The summed E-state index contributed by atoms with van der Waals surface area (Å²) in [6, 6.07) is 2.34. The summed E-state index contributed by atoms with van der Waals surface area (Å²) in [5, 5.41) is 8.77. The summed E-state index contributed by atoms with van der Waals surface area (Å²) in [7, 11) is 0. The van der Waals surface area contributed by atoms with Crippen LogP contribution in [-0.4, -0.2) is 0 Å². The van der Waals surface area contributed by atoms with Gasteiger partial charge in [-0.25, -0.2) is 0 Å². The van der Waals surface area contributed by atoms with Gasteiger partial charge in [-0.1, -0.05) is 46.0 Å². The van der Waals surface area contributed by atoms with E-state index in [1.165, 1.54) is 38.5 Å². The summed E-state index contributed by atoms with van der Waals surface area (Å²) in [6.07, 6.45) is 9.15. The van der Waals surface area contributed by atoms with Crippen LogP contribution in [0.5, 0.6) is 0 Å². The lowest BCUT2D eigenvalue weighted by Gasteiger charge is -2.27. The molecule has 80 valence electrons. The van der Waals surface area contributed by atoms with Crippen molar-refractivity contribution < 1.29 is 0 Å². The number of hydrogen-bond acceptors (Lipinski definition) is 1. The highest BCUT2D eigenvalue weighted by Crippen LogP contribution is 2.32. The fraction of sp³-hybridized carbons (Fsp3) is 0.923. The topological polar surface area (TPSA) is 23.8 Å². The van der Waals surface area contributed by atoms with Crippen molar-refractivity contribution in [2.24, 2.45) is 17.8 Å². The molecule has 0 aromatic rings. The third-order valence-corrected chi connectivity index (χ3v) is 3.66. The summed E-state index contributed by atoms with van der Waals surface area (Å²) in [5.41, 5.74) is 0. The molecule has 0 spiro atoms. The number of rotatable bonds is 4. The second-order valence-electron chi connectivity index (χ2n) is 5.11. The van der Waals surface area contributed by atoms with E-state index in [1.54, 1.807) is 0 Å². The largest absolute Gasteiger partial charge is 0.198 e. The lowest BCUT2D eigenvalue weighted by atomic mass is 9.78. The van der Waals surface area contributed by atoms with Crippen molar-refractivity contribution in [3.63, 3.8) is 0 Å². The summed E-state index contributed by atoms with van der Waals surface area (Å²) in [5.74, 6) is 2.24. The van der Waals surface area contributed by atoms with Crippen LogP contribution in [0.25, 0.3) is 0 Å². The van der Waals surface area contributed by atoms with Gasteiger partial charge in [0, 0.05) is 6.42 Å². The number of nitriles is 1. The first kappa shape index (κ1) is 11.6. The predicted molar refractivity (Wildman–Crippen MR) is 59.8 cm³/mol. The quantitative estimate of drug-likeness (QED) is 0.658. The number of nitrogens with zero attached hydrogens (tertiary/aromatic N) is 1. The van der Waals surface area contributed by atoms with E-state index in [9.17, 15) is 0 Å². The molecule has 1 aliphatic rings. The minimum absolute atomic E-state index is 0.642. The van der Waals surface area contributed by atoms with Gasteiger partial charge in [-0.05, 0) is 24.2 Å². The Morgan fingerprint density at radius 3 is 2.36 bits per heavy atom. The second kappa shape index (κ2) is 6.06. The van der Waals surface area contributed by atoms with E-state index in [0.29, 0.717) is 11.8 Å². The van der Waals surface area contributed by atoms with E-state index < -0.39 is 0 Å². The van der Waals surface area contributed by atoms with Gasteiger partial charge >= 0.3 is 0 Å². The lowest BCUT2D eigenvalue weighted by Crippen LogP contribution is -2.16. The Morgan fingerprint density at radius 2 is 1.86 bits per heavy atom. The molecule has 1 aliphatic carbocycles. The standard InChI is InChI=1S/C13H23N/c1-11(2)13(8-9-14)10-12-6-4-3-5-7-12/h11-13H,3-8,10H2,1-2H3. The van der Waals surface area contributed by atoms with Crippen molar-refractivity contribution in [1.29, 1.82) is 5.26 Å². The third-order valence-electron chi connectivity index (χ3n) is 3.66. The first-order valence-electron chi connectivity index (χ1n) is 6.11. The zero-order valence-corrected chi connectivity index (χ0v) is 9.63. The Morgan fingerprint density at radius 1 is 1.21 bits per heavy atom. The van der Waals surface area contributed by atoms with Gasteiger partial charge in [0.15, 0.2) is 0 Å². The van der Waals surface area contributed by atoms with E-state index in [0.717, 1.165) is 12.3 Å². The van der Waals surface area contributed by atoms with E-state index in [2.05, 4.69) is 19.9 Å². The monoisotopic (exact) mass is 193 g/mol. The molecule has 0 aromatic heterocycles. The zero-order valence-electron chi connectivity index (χ0n) is 9.63. The van der Waals surface area contributed by atoms with Crippen LogP contribution in [0.4, 0.5) is 0 Å². The predicted octanol–water partition coefficient (Wildman–Crippen LogP) is 4.14. The molecular formula is C13H23N. The van der Waals surface area contributed by atoms with Crippen LogP contribution in [-0.2, 0) is 0 Å². The van der Waals surface area contributed by atoms with Gasteiger partial charge < -0.3 is 0 Å². The first-order chi connectivity index (χ1) is 6.74. The third kappa shape index (κ3) is 3.70. The maximum Gasteiger partial charge on any atom is 0.0624 e. The Bertz CT molecular complexity index is 184. The smallest absolute Gasteiger partial charge is 0.0624 e. The highest BCUT2D eigenvalue weighted by Gasteiger charge is 2.20. The van der Waals surface area contributed by atoms with Gasteiger partial charge in [0.25, 0.3) is 0 Å². The molecule has 0 aromatic carbocycles. The van der Waals surface area contributed by atoms with Gasteiger partial charge in [0.05, 0.1) is 6.07 Å². The molecule has 0 aliphatic heterocycles. The van der Waals surface area contributed by atoms with Crippen LogP contribution in [0.2, 0.25) is 0 Å². The summed E-state index contributed by atoms with van der Waals surface area (Å²) >= 11 is 0. The minimum Gasteiger partial charge on any atom is -0.198 e. The Labute approximate surface area is 88.5 Å². The molecule has 1 unspecified atom stereocenters. The summed E-state index contributed by atoms with van der Waals surface area (Å²) in [4.78, 5) is 0. The minimum atomic E-state index is 0.642. The molecular weight excluding hydrogens is 170 g/mol. The maximum atomic E-state index is 8.77. The molecule has 0 saturated heterocycles. The molecule has 1 fully saturated rings. The molecule has 1 atom stereocenters. The molecule has 1 saturated carbocycles. The molecule has 0 bridgehead atoms. The van der Waals surface area contributed by atoms with Crippen LogP contribution in [0.15, 0.2) is 0 Å². The van der Waals surface area contributed by atoms with Crippen molar-refractivity contribution >= 4 is 0 Å². The van der Waals surface area contributed by atoms with Gasteiger partial charge in [-0.15, -0.1) is 0 Å². The van der Waals surface area contributed by atoms with Gasteiger partial charge in [0.2, 0.25) is 0 Å². The van der Waals surface area contributed by atoms with Gasteiger partial charge in [0.1, 0.15) is 0 Å². The maximum absolute atomic E-state index is 8.77. The van der Waals surface area contributed by atoms with E-state index in [-0.39, 0.29) is 0 Å². The van der Waals surface area contributed by atoms with Crippen molar-refractivity contribution in [3.8, 4) is 6.07 Å². The van der Waals surface area contributed by atoms with E-state index >= 15 is 0 Å². The average Bonchev–Trinajstić information content (AvgIpc) is 2.18. The highest BCUT2D eigenvalue weighted by molar-refractivity contribution is 4.80. The Kier molecular flexibility index (Phi) is 5.01. The molecule has 0 N–H and O–H groups in total. The molecule has 0 heterocycles. The SMILES string of the molecule is CC(C)C(CC#N)CC1CCCCC1. The Balaban J connectivity index is 2.34. The van der Waals surface area contributed by atoms with E-state index in [1.807, 2.05) is 0 Å². The molecule has 1 rings (SSSR count). The Hall–Kier alpha value is -0.510. The average molecular weight is 193 g/mol. The molecule has 0 amide bonds.